The minimum atomic E-state index is 0.0597. The molecule has 0 aromatic heterocycles. The highest BCUT2D eigenvalue weighted by atomic mass is 16.5. The molecule has 0 aliphatic rings. The van der Waals surface area contributed by atoms with E-state index in [9.17, 15) is 4.79 Å². The van der Waals surface area contributed by atoms with Crippen LogP contribution in [-0.2, 0) is 4.79 Å². The Morgan fingerprint density at radius 2 is 2.10 bits per heavy atom. The Hall–Kier alpha value is -1.75. The van der Waals surface area contributed by atoms with Crippen molar-refractivity contribution in [3.8, 4) is 11.5 Å². The SMILES string of the molecule is COc1cc(C)ccc1OCCC(=O)N(C)CCCN. The molecule has 112 valence electrons. The van der Waals surface area contributed by atoms with E-state index in [-0.39, 0.29) is 5.91 Å². The highest BCUT2D eigenvalue weighted by Crippen LogP contribution is 2.27. The van der Waals surface area contributed by atoms with Crippen LogP contribution in [0.5, 0.6) is 11.5 Å². The number of carbonyl (C=O) groups is 1. The quantitative estimate of drug-likeness (QED) is 0.785. The van der Waals surface area contributed by atoms with Crippen LogP contribution < -0.4 is 15.2 Å². The van der Waals surface area contributed by atoms with Crippen molar-refractivity contribution in [1.82, 2.24) is 4.90 Å². The van der Waals surface area contributed by atoms with Crippen molar-refractivity contribution < 1.29 is 14.3 Å². The van der Waals surface area contributed by atoms with Gasteiger partial charge in [-0.15, -0.1) is 0 Å². The zero-order valence-corrected chi connectivity index (χ0v) is 12.5. The second-order valence-electron chi connectivity index (χ2n) is 4.71. The second-order valence-corrected chi connectivity index (χ2v) is 4.71. The second kappa shape index (κ2) is 8.43. The summed E-state index contributed by atoms with van der Waals surface area (Å²) in [6.45, 7) is 3.60. The summed E-state index contributed by atoms with van der Waals surface area (Å²) < 4.78 is 10.9. The van der Waals surface area contributed by atoms with Gasteiger partial charge >= 0.3 is 0 Å². The van der Waals surface area contributed by atoms with E-state index in [0.717, 1.165) is 12.0 Å². The predicted octanol–water partition coefficient (Wildman–Crippen LogP) is 1.58. The highest BCUT2D eigenvalue weighted by Gasteiger charge is 2.09. The Labute approximate surface area is 120 Å². The van der Waals surface area contributed by atoms with E-state index in [0.29, 0.717) is 37.6 Å². The Bertz CT molecular complexity index is 435. The number of carbonyl (C=O) groups excluding carboxylic acids is 1. The van der Waals surface area contributed by atoms with E-state index in [1.165, 1.54) is 0 Å². The summed E-state index contributed by atoms with van der Waals surface area (Å²) in [5.41, 5.74) is 6.52. The first kappa shape index (κ1) is 16.3. The van der Waals surface area contributed by atoms with Crippen molar-refractivity contribution in [3.63, 3.8) is 0 Å². The van der Waals surface area contributed by atoms with Crippen LogP contribution in [0.3, 0.4) is 0 Å². The minimum Gasteiger partial charge on any atom is -0.493 e. The number of nitrogens with two attached hydrogens (primary N) is 1. The molecule has 0 aliphatic carbocycles. The number of hydrogen-bond donors (Lipinski definition) is 1. The monoisotopic (exact) mass is 280 g/mol. The van der Waals surface area contributed by atoms with Crippen molar-refractivity contribution in [3.05, 3.63) is 23.8 Å². The standard InChI is InChI=1S/C15H24N2O3/c1-12-5-6-13(14(11-12)19-3)20-10-7-15(18)17(2)9-4-8-16/h5-6,11H,4,7-10,16H2,1-3H3. The van der Waals surface area contributed by atoms with E-state index >= 15 is 0 Å². The molecule has 0 saturated carbocycles. The van der Waals surface area contributed by atoms with E-state index in [1.807, 2.05) is 25.1 Å². The molecular weight excluding hydrogens is 256 g/mol. The lowest BCUT2D eigenvalue weighted by molar-refractivity contribution is -0.130. The zero-order chi connectivity index (χ0) is 15.0. The minimum absolute atomic E-state index is 0.0597. The third-order valence-corrected chi connectivity index (χ3v) is 3.02. The van der Waals surface area contributed by atoms with Gasteiger partial charge in [0.2, 0.25) is 5.91 Å². The van der Waals surface area contributed by atoms with E-state index < -0.39 is 0 Å². The first-order valence-corrected chi connectivity index (χ1v) is 6.80. The average Bonchev–Trinajstić information content (AvgIpc) is 2.45. The van der Waals surface area contributed by atoms with Crippen LogP contribution in [0.15, 0.2) is 18.2 Å². The smallest absolute Gasteiger partial charge is 0.225 e. The summed E-state index contributed by atoms with van der Waals surface area (Å²) in [5.74, 6) is 1.41. The number of benzene rings is 1. The molecule has 0 saturated heterocycles. The summed E-state index contributed by atoms with van der Waals surface area (Å²) in [7, 11) is 3.39. The number of aryl methyl sites for hydroxylation is 1. The van der Waals surface area contributed by atoms with Crippen LogP contribution in [0.2, 0.25) is 0 Å². The molecule has 20 heavy (non-hydrogen) atoms. The van der Waals surface area contributed by atoms with Crippen LogP contribution in [0.1, 0.15) is 18.4 Å². The van der Waals surface area contributed by atoms with Crippen LogP contribution in [0.4, 0.5) is 0 Å². The third kappa shape index (κ3) is 5.09. The molecule has 5 nitrogen and oxygen atoms in total. The molecule has 0 radical (unpaired) electrons. The van der Waals surface area contributed by atoms with Gasteiger partial charge in [-0.1, -0.05) is 6.07 Å². The first-order valence-electron chi connectivity index (χ1n) is 6.80. The summed E-state index contributed by atoms with van der Waals surface area (Å²) in [6.07, 6.45) is 1.16. The van der Waals surface area contributed by atoms with Crippen molar-refractivity contribution >= 4 is 5.91 Å². The van der Waals surface area contributed by atoms with Crippen LogP contribution in [0.25, 0.3) is 0 Å². The number of nitrogens with zero attached hydrogens (tertiary/aromatic N) is 1. The predicted molar refractivity (Wildman–Crippen MR) is 79.2 cm³/mol. The van der Waals surface area contributed by atoms with E-state index in [1.54, 1.807) is 19.1 Å². The fraction of sp³-hybridized carbons (Fsp3) is 0.533. The summed E-state index contributed by atoms with van der Waals surface area (Å²) >= 11 is 0. The van der Waals surface area contributed by atoms with Gasteiger partial charge in [-0.05, 0) is 37.6 Å². The maximum Gasteiger partial charge on any atom is 0.225 e. The van der Waals surface area contributed by atoms with Crippen molar-refractivity contribution in [2.45, 2.75) is 19.8 Å². The maximum atomic E-state index is 11.8. The fourth-order valence-corrected chi connectivity index (χ4v) is 1.79. The van der Waals surface area contributed by atoms with E-state index in [4.69, 9.17) is 15.2 Å². The Morgan fingerprint density at radius 1 is 1.35 bits per heavy atom. The number of hydrogen-bond acceptors (Lipinski definition) is 4. The normalized spacial score (nSPS) is 10.2. The molecule has 0 spiro atoms. The lowest BCUT2D eigenvalue weighted by Gasteiger charge is -2.17. The summed E-state index contributed by atoms with van der Waals surface area (Å²) in [5, 5.41) is 0. The average molecular weight is 280 g/mol. The van der Waals surface area contributed by atoms with Crippen LogP contribution in [0, 0.1) is 6.92 Å². The lowest BCUT2D eigenvalue weighted by atomic mass is 10.2. The Balaban J connectivity index is 2.42. The molecule has 1 aromatic carbocycles. The molecule has 0 bridgehead atoms. The van der Waals surface area contributed by atoms with Gasteiger partial charge in [0.05, 0.1) is 20.1 Å². The van der Waals surface area contributed by atoms with Crippen molar-refractivity contribution in [1.29, 1.82) is 0 Å². The van der Waals surface area contributed by atoms with Gasteiger partial charge in [0.25, 0.3) is 0 Å². The first-order chi connectivity index (χ1) is 9.58. The summed E-state index contributed by atoms with van der Waals surface area (Å²) in [6, 6.07) is 5.72. The third-order valence-electron chi connectivity index (χ3n) is 3.02. The van der Waals surface area contributed by atoms with Crippen LogP contribution >= 0.6 is 0 Å². The van der Waals surface area contributed by atoms with Gasteiger partial charge in [0.15, 0.2) is 11.5 Å². The molecule has 0 unspecified atom stereocenters. The molecule has 0 atom stereocenters. The molecule has 2 N–H and O–H groups in total. The van der Waals surface area contributed by atoms with Gasteiger partial charge in [-0.3, -0.25) is 4.79 Å². The van der Waals surface area contributed by atoms with Gasteiger partial charge < -0.3 is 20.1 Å². The van der Waals surface area contributed by atoms with Gasteiger partial charge in [-0.2, -0.15) is 0 Å². The zero-order valence-electron chi connectivity index (χ0n) is 12.5. The molecule has 1 rings (SSSR count). The molecule has 1 amide bonds. The van der Waals surface area contributed by atoms with Gasteiger partial charge in [0, 0.05) is 13.6 Å². The highest BCUT2D eigenvalue weighted by molar-refractivity contribution is 5.75. The largest absolute Gasteiger partial charge is 0.493 e. The van der Waals surface area contributed by atoms with Gasteiger partial charge in [-0.25, -0.2) is 0 Å². The molecular formula is C15H24N2O3. The summed E-state index contributed by atoms with van der Waals surface area (Å²) in [4.78, 5) is 13.5. The Morgan fingerprint density at radius 3 is 2.75 bits per heavy atom. The number of ether oxygens (including phenoxy) is 2. The number of rotatable bonds is 8. The van der Waals surface area contributed by atoms with Crippen molar-refractivity contribution in [2.75, 3.05) is 33.9 Å². The molecule has 0 fully saturated rings. The van der Waals surface area contributed by atoms with E-state index in [2.05, 4.69) is 0 Å². The fourth-order valence-electron chi connectivity index (χ4n) is 1.79. The van der Waals surface area contributed by atoms with Crippen LogP contribution in [-0.4, -0.2) is 44.7 Å². The topological polar surface area (TPSA) is 64.8 Å². The van der Waals surface area contributed by atoms with Gasteiger partial charge in [0.1, 0.15) is 0 Å². The Kier molecular flexibility index (Phi) is 6.87. The number of methoxy groups -OCH3 is 1. The lowest BCUT2D eigenvalue weighted by Crippen LogP contribution is -2.30. The number of amides is 1. The molecule has 0 heterocycles. The molecule has 0 aliphatic heterocycles. The maximum absolute atomic E-state index is 11.8. The molecule has 1 aromatic rings. The van der Waals surface area contributed by atoms with Crippen molar-refractivity contribution in [2.24, 2.45) is 5.73 Å². The molecule has 5 heteroatoms.